The van der Waals surface area contributed by atoms with Crippen LogP contribution in [0, 0.1) is 0 Å². The Bertz CT molecular complexity index is 1040. The molecule has 5 nitrogen and oxygen atoms in total. The summed E-state index contributed by atoms with van der Waals surface area (Å²) in [6.07, 6.45) is 3.24. The Hall–Kier alpha value is -3.12. The molecule has 0 aliphatic carbocycles. The number of fused-ring (bicyclic) bond motifs is 1. The van der Waals surface area contributed by atoms with E-state index in [-0.39, 0.29) is 0 Å². The zero-order valence-corrected chi connectivity index (χ0v) is 13.3. The minimum Gasteiger partial charge on any atom is -0.472 e. The van der Waals surface area contributed by atoms with Gasteiger partial charge in [-0.05, 0) is 17.7 Å². The lowest BCUT2D eigenvalue weighted by molar-refractivity contribution is 0.100. The van der Waals surface area contributed by atoms with Gasteiger partial charge in [0.05, 0.1) is 23.9 Å². The molecule has 24 heavy (non-hydrogen) atoms. The first-order chi connectivity index (χ1) is 11.6. The molecule has 0 spiro atoms. The van der Waals surface area contributed by atoms with Gasteiger partial charge in [0.15, 0.2) is 0 Å². The van der Waals surface area contributed by atoms with Crippen molar-refractivity contribution < 1.29 is 9.21 Å². The van der Waals surface area contributed by atoms with Gasteiger partial charge in [0.1, 0.15) is 9.71 Å². The number of carbonyl (C=O) groups is 1. The smallest absolute Gasteiger partial charge is 0.260 e. The van der Waals surface area contributed by atoms with Crippen LogP contribution in [0.1, 0.15) is 9.67 Å². The third-order valence-electron chi connectivity index (χ3n) is 3.82. The normalized spacial score (nSPS) is 11.0. The summed E-state index contributed by atoms with van der Waals surface area (Å²) in [6.45, 7) is 0. The van der Waals surface area contributed by atoms with Crippen molar-refractivity contribution in [2.45, 2.75) is 0 Å². The number of thiophene rings is 1. The van der Waals surface area contributed by atoms with E-state index in [9.17, 15) is 4.79 Å². The van der Waals surface area contributed by atoms with Crippen molar-refractivity contribution in [1.82, 2.24) is 4.98 Å². The molecule has 0 aliphatic heterocycles. The van der Waals surface area contributed by atoms with Crippen LogP contribution in [0.25, 0.3) is 32.6 Å². The lowest BCUT2D eigenvalue weighted by atomic mass is 10.0. The predicted octanol–water partition coefficient (Wildman–Crippen LogP) is 3.90. The third kappa shape index (κ3) is 2.24. The number of carbonyl (C=O) groups excluding carboxylic acids is 1. The van der Waals surface area contributed by atoms with Gasteiger partial charge in [-0.1, -0.05) is 30.3 Å². The van der Waals surface area contributed by atoms with E-state index in [1.54, 1.807) is 12.5 Å². The van der Waals surface area contributed by atoms with Crippen molar-refractivity contribution in [1.29, 1.82) is 0 Å². The number of pyridine rings is 1. The second-order valence-electron chi connectivity index (χ2n) is 5.32. The molecule has 3 heterocycles. The van der Waals surface area contributed by atoms with Crippen molar-refractivity contribution in [3.63, 3.8) is 0 Å². The highest BCUT2D eigenvalue weighted by Gasteiger charge is 2.20. The number of amides is 1. The van der Waals surface area contributed by atoms with Gasteiger partial charge in [-0.2, -0.15) is 0 Å². The van der Waals surface area contributed by atoms with E-state index in [1.165, 1.54) is 11.3 Å². The van der Waals surface area contributed by atoms with Crippen LogP contribution in [0.15, 0.2) is 59.4 Å². The minimum atomic E-state index is -0.546. The molecule has 0 atom stereocenters. The fraction of sp³-hybridized carbons (Fsp3) is 0. The molecule has 0 fully saturated rings. The van der Waals surface area contributed by atoms with Gasteiger partial charge in [0.2, 0.25) is 0 Å². The Kier molecular flexibility index (Phi) is 3.32. The average Bonchev–Trinajstić information content (AvgIpc) is 3.23. The first kappa shape index (κ1) is 14.5. The van der Waals surface area contributed by atoms with Gasteiger partial charge in [0.25, 0.3) is 5.91 Å². The van der Waals surface area contributed by atoms with E-state index in [1.807, 2.05) is 42.5 Å². The summed E-state index contributed by atoms with van der Waals surface area (Å²) in [5, 5.41) is 0.731. The molecule has 118 valence electrons. The molecule has 0 radical (unpaired) electrons. The maximum absolute atomic E-state index is 11.7. The number of primary amides is 1. The molecule has 6 heteroatoms. The number of hydrogen-bond acceptors (Lipinski definition) is 5. The van der Waals surface area contributed by atoms with Crippen LogP contribution in [-0.4, -0.2) is 10.9 Å². The number of benzene rings is 1. The number of furan rings is 1. The lowest BCUT2D eigenvalue weighted by Crippen LogP contribution is -2.10. The number of nitrogens with zero attached hydrogens (tertiary/aromatic N) is 1. The second kappa shape index (κ2) is 5.50. The Labute approximate surface area is 141 Å². The van der Waals surface area contributed by atoms with Crippen molar-refractivity contribution in [3.05, 3.63) is 59.9 Å². The summed E-state index contributed by atoms with van der Waals surface area (Å²) in [5.41, 5.74) is 15.5. The fourth-order valence-electron chi connectivity index (χ4n) is 2.71. The largest absolute Gasteiger partial charge is 0.472 e. The van der Waals surface area contributed by atoms with Gasteiger partial charge < -0.3 is 15.9 Å². The summed E-state index contributed by atoms with van der Waals surface area (Å²) in [4.78, 5) is 17.3. The molecular formula is C18H13N3O2S. The second-order valence-corrected chi connectivity index (χ2v) is 6.32. The molecule has 0 saturated heterocycles. The Morgan fingerprint density at radius 2 is 1.92 bits per heavy atom. The molecular weight excluding hydrogens is 322 g/mol. The molecule has 0 aliphatic rings. The van der Waals surface area contributed by atoms with Crippen LogP contribution in [-0.2, 0) is 0 Å². The highest BCUT2D eigenvalue weighted by atomic mass is 32.1. The summed E-state index contributed by atoms with van der Waals surface area (Å²) in [5.74, 6) is -0.546. The summed E-state index contributed by atoms with van der Waals surface area (Å²) in [6, 6.07) is 13.6. The summed E-state index contributed by atoms with van der Waals surface area (Å²) < 4.78 is 5.21. The van der Waals surface area contributed by atoms with Crippen LogP contribution in [0.3, 0.4) is 0 Å². The highest BCUT2D eigenvalue weighted by Crippen LogP contribution is 2.41. The molecule has 4 N–H and O–H groups in total. The average molecular weight is 335 g/mol. The number of hydrogen-bond donors (Lipinski definition) is 2. The van der Waals surface area contributed by atoms with Crippen LogP contribution >= 0.6 is 11.3 Å². The van der Waals surface area contributed by atoms with E-state index in [2.05, 4.69) is 4.98 Å². The number of anilines is 1. The number of nitrogens with two attached hydrogens (primary N) is 2. The van der Waals surface area contributed by atoms with E-state index in [0.29, 0.717) is 15.4 Å². The van der Waals surface area contributed by atoms with E-state index < -0.39 is 5.91 Å². The maximum atomic E-state index is 11.7. The lowest BCUT2D eigenvalue weighted by Gasteiger charge is -2.06. The van der Waals surface area contributed by atoms with Crippen molar-refractivity contribution >= 4 is 33.1 Å². The van der Waals surface area contributed by atoms with Gasteiger partial charge in [-0.25, -0.2) is 4.98 Å². The minimum absolute atomic E-state index is 0.326. The molecule has 0 saturated carbocycles. The molecule has 3 aromatic heterocycles. The van der Waals surface area contributed by atoms with Gasteiger partial charge in [0, 0.05) is 16.5 Å². The van der Waals surface area contributed by atoms with Crippen LogP contribution in [0.2, 0.25) is 0 Å². The first-order valence-corrected chi connectivity index (χ1v) is 8.07. The van der Waals surface area contributed by atoms with Gasteiger partial charge in [-0.3, -0.25) is 4.79 Å². The topological polar surface area (TPSA) is 95.1 Å². The standard InChI is InChI=1S/C18H13N3O2S/c19-15-14-12(11-6-7-23-9-11)8-13(10-4-2-1-3-5-10)21-18(14)24-16(15)17(20)22/h1-9H,19H2,(H2,20,22). The molecule has 1 aromatic carbocycles. The molecule has 1 amide bonds. The van der Waals surface area contributed by atoms with E-state index in [0.717, 1.165) is 27.8 Å². The zero-order valence-electron chi connectivity index (χ0n) is 12.5. The third-order valence-corrected chi connectivity index (χ3v) is 4.94. The highest BCUT2D eigenvalue weighted by molar-refractivity contribution is 7.21. The summed E-state index contributed by atoms with van der Waals surface area (Å²) in [7, 11) is 0. The zero-order chi connectivity index (χ0) is 16.7. The first-order valence-electron chi connectivity index (χ1n) is 7.26. The molecule has 4 rings (SSSR count). The van der Waals surface area contributed by atoms with Crippen LogP contribution < -0.4 is 11.5 Å². The Balaban J connectivity index is 2.07. The number of nitrogen functional groups attached to an aromatic ring is 1. The van der Waals surface area contributed by atoms with Crippen molar-refractivity contribution in [3.8, 4) is 22.4 Å². The predicted molar refractivity (Wildman–Crippen MR) is 95.7 cm³/mol. The Morgan fingerprint density at radius 1 is 1.12 bits per heavy atom. The van der Waals surface area contributed by atoms with Crippen molar-refractivity contribution in [2.75, 3.05) is 5.73 Å². The number of aromatic nitrogens is 1. The monoisotopic (exact) mass is 335 g/mol. The quantitative estimate of drug-likeness (QED) is 0.593. The van der Waals surface area contributed by atoms with E-state index in [4.69, 9.17) is 15.9 Å². The van der Waals surface area contributed by atoms with Crippen LogP contribution in [0.5, 0.6) is 0 Å². The molecule has 0 bridgehead atoms. The van der Waals surface area contributed by atoms with Gasteiger partial charge >= 0.3 is 0 Å². The van der Waals surface area contributed by atoms with Crippen molar-refractivity contribution in [2.24, 2.45) is 5.73 Å². The Morgan fingerprint density at radius 3 is 2.58 bits per heavy atom. The maximum Gasteiger partial charge on any atom is 0.260 e. The number of rotatable bonds is 3. The van der Waals surface area contributed by atoms with Gasteiger partial charge in [-0.15, -0.1) is 11.3 Å². The molecule has 4 aromatic rings. The summed E-state index contributed by atoms with van der Waals surface area (Å²) >= 11 is 1.21. The van der Waals surface area contributed by atoms with E-state index >= 15 is 0 Å². The van der Waals surface area contributed by atoms with Crippen LogP contribution in [0.4, 0.5) is 5.69 Å². The molecule has 0 unspecified atom stereocenters. The SMILES string of the molecule is NC(=O)c1sc2nc(-c3ccccc3)cc(-c3ccoc3)c2c1N. The fourth-order valence-corrected chi connectivity index (χ4v) is 3.68.